The van der Waals surface area contributed by atoms with Crippen LogP contribution in [0.15, 0.2) is 46.4 Å². The van der Waals surface area contributed by atoms with Gasteiger partial charge in [-0.15, -0.1) is 11.8 Å². The second-order valence-corrected chi connectivity index (χ2v) is 7.50. The highest BCUT2D eigenvalue weighted by atomic mass is 32.2. The number of thioether (sulfide) groups is 1. The molecule has 0 radical (unpaired) electrons. The average Bonchev–Trinajstić information content (AvgIpc) is 2.65. The lowest BCUT2D eigenvalue weighted by molar-refractivity contribution is -0.118. The van der Waals surface area contributed by atoms with Crippen molar-refractivity contribution in [3.8, 4) is 5.75 Å². The molecule has 1 N–H and O–H groups in total. The molecule has 0 bridgehead atoms. The topological polar surface area (TPSA) is 50.7 Å². The Morgan fingerprint density at radius 3 is 2.77 bits per heavy atom. The number of hydrogen-bond acceptors (Lipinski definition) is 4. The van der Waals surface area contributed by atoms with Gasteiger partial charge in [-0.1, -0.05) is 18.2 Å². The molecule has 0 aliphatic heterocycles. The van der Waals surface area contributed by atoms with E-state index in [1.165, 1.54) is 22.9 Å². The summed E-state index contributed by atoms with van der Waals surface area (Å²) in [6.07, 6.45) is 2.93. The van der Waals surface area contributed by atoms with Gasteiger partial charge in [0.25, 0.3) is 0 Å². The smallest absolute Gasteiger partial charge is 0.250 e. The second-order valence-electron chi connectivity index (χ2n) is 6.48. The summed E-state index contributed by atoms with van der Waals surface area (Å²) >= 11 is 1.54. The summed E-state index contributed by atoms with van der Waals surface area (Å²) in [6.45, 7) is 4.08. The van der Waals surface area contributed by atoms with E-state index in [4.69, 9.17) is 4.74 Å². The van der Waals surface area contributed by atoms with Crippen LogP contribution in [-0.2, 0) is 11.2 Å². The van der Waals surface area contributed by atoms with Gasteiger partial charge in [0.05, 0.1) is 18.6 Å². The number of hydrazone groups is 1. The van der Waals surface area contributed by atoms with E-state index in [0.717, 1.165) is 46.7 Å². The zero-order valence-electron chi connectivity index (χ0n) is 15.5. The van der Waals surface area contributed by atoms with Crippen molar-refractivity contribution >= 4 is 23.4 Å². The molecule has 0 unspecified atom stereocenters. The fourth-order valence-electron chi connectivity index (χ4n) is 3.15. The van der Waals surface area contributed by atoms with Gasteiger partial charge in [-0.3, -0.25) is 4.79 Å². The van der Waals surface area contributed by atoms with E-state index in [2.05, 4.69) is 35.7 Å². The van der Waals surface area contributed by atoms with Crippen LogP contribution in [0, 0.1) is 13.8 Å². The Kier molecular flexibility index (Phi) is 5.99. The van der Waals surface area contributed by atoms with Crippen molar-refractivity contribution in [3.63, 3.8) is 0 Å². The molecule has 0 saturated heterocycles. The van der Waals surface area contributed by atoms with Crippen LogP contribution in [0.3, 0.4) is 0 Å². The van der Waals surface area contributed by atoms with Gasteiger partial charge in [0.15, 0.2) is 0 Å². The summed E-state index contributed by atoms with van der Waals surface area (Å²) < 4.78 is 5.42. The van der Waals surface area contributed by atoms with E-state index in [9.17, 15) is 4.79 Å². The maximum Gasteiger partial charge on any atom is 0.250 e. The molecule has 26 heavy (non-hydrogen) atoms. The Labute approximate surface area is 159 Å². The van der Waals surface area contributed by atoms with Gasteiger partial charge in [-0.25, -0.2) is 5.43 Å². The van der Waals surface area contributed by atoms with E-state index >= 15 is 0 Å². The number of nitrogens with one attached hydrogen (secondary N) is 1. The minimum Gasteiger partial charge on any atom is -0.496 e. The summed E-state index contributed by atoms with van der Waals surface area (Å²) in [5.41, 5.74) is 8.31. The van der Waals surface area contributed by atoms with Gasteiger partial charge in [-0.05, 0) is 68.0 Å². The Morgan fingerprint density at radius 1 is 1.19 bits per heavy atom. The van der Waals surface area contributed by atoms with E-state index in [0.29, 0.717) is 5.75 Å². The minimum absolute atomic E-state index is 0.0805. The number of hydrogen-bond donors (Lipinski definition) is 1. The summed E-state index contributed by atoms with van der Waals surface area (Å²) in [4.78, 5) is 13.3. The number of benzene rings is 2. The monoisotopic (exact) mass is 368 g/mol. The van der Waals surface area contributed by atoms with Crippen molar-refractivity contribution in [2.75, 3.05) is 12.9 Å². The molecule has 0 atom stereocenters. The van der Waals surface area contributed by atoms with Crippen LogP contribution >= 0.6 is 11.8 Å². The summed E-state index contributed by atoms with van der Waals surface area (Å²) in [5.74, 6) is 1.18. The maximum atomic E-state index is 12.2. The molecule has 1 aliphatic rings. The molecular weight excluding hydrogens is 344 g/mol. The van der Waals surface area contributed by atoms with Gasteiger partial charge >= 0.3 is 0 Å². The number of methoxy groups -OCH3 is 1. The zero-order chi connectivity index (χ0) is 18.5. The maximum absolute atomic E-state index is 12.2. The molecule has 4 nitrogen and oxygen atoms in total. The van der Waals surface area contributed by atoms with Crippen LogP contribution in [0.1, 0.15) is 35.1 Å². The van der Waals surface area contributed by atoms with E-state index in [1.807, 2.05) is 25.1 Å². The molecule has 1 amide bonds. The summed E-state index contributed by atoms with van der Waals surface area (Å²) in [7, 11) is 1.69. The molecular formula is C21H24N2O2S. The Hall–Kier alpha value is -2.27. The third kappa shape index (κ3) is 4.28. The first kappa shape index (κ1) is 18.5. The van der Waals surface area contributed by atoms with Crippen LogP contribution < -0.4 is 10.2 Å². The molecule has 1 aliphatic carbocycles. The first-order valence-corrected chi connectivity index (χ1v) is 9.78. The molecule has 136 valence electrons. The van der Waals surface area contributed by atoms with Gasteiger partial charge < -0.3 is 4.74 Å². The highest BCUT2D eigenvalue weighted by Gasteiger charge is 2.18. The number of fused-ring (bicyclic) bond motifs is 1. The van der Waals surface area contributed by atoms with Gasteiger partial charge in [-0.2, -0.15) is 5.10 Å². The van der Waals surface area contributed by atoms with Crippen LogP contribution in [0.25, 0.3) is 0 Å². The van der Waals surface area contributed by atoms with Crippen LogP contribution in [0.2, 0.25) is 0 Å². The fraction of sp³-hybridized carbons (Fsp3) is 0.333. The van der Waals surface area contributed by atoms with Crippen molar-refractivity contribution in [1.29, 1.82) is 0 Å². The van der Waals surface area contributed by atoms with Crippen LogP contribution in [-0.4, -0.2) is 24.5 Å². The zero-order valence-corrected chi connectivity index (χ0v) is 16.3. The van der Waals surface area contributed by atoms with Gasteiger partial charge in [0, 0.05) is 10.5 Å². The highest BCUT2D eigenvalue weighted by Crippen LogP contribution is 2.29. The van der Waals surface area contributed by atoms with Crippen LogP contribution in [0.4, 0.5) is 0 Å². The Bertz CT molecular complexity index is 846. The van der Waals surface area contributed by atoms with E-state index < -0.39 is 0 Å². The van der Waals surface area contributed by atoms with Gasteiger partial charge in [0.1, 0.15) is 5.75 Å². The Balaban J connectivity index is 1.67. The number of carbonyl (C=O) groups excluding carboxylic acids is 1. The fourth-order valence-corrected chi connectivity index (χ4v) is 3.97. The first-order chi connectivity index (χ1) is 12.6. The summed E-state index contributed by atoms with van der Waals surface area (Å²) in [6, 6.07) is 12.3. The van der Waals surface area contributed by atoms with Crippen molar-refractivity contribution in [3.05, 3.63) is 58.7 Å². The molecule has 0 aromatic heterocycles. The highest BCUT2D eigenvalue weighted by molar-refractivity contribution is 8.00. The molecule has 2 aromatic carbocycles. The van der Waals surface area contributed by atoms with Crippen molar-refractivity contribution < 1.29 is 9.53 Å². The first-order valence-electron chi connectivity index (χ1n) is 8.80. The molecule has 5 heteroatoms. The number of carbonyl (C=O) groups is 1. The number of nitrogens with zero attached hydrogens (tertiary/aromatic N) is 1. The van der Waals surface area contributed by atoms with Crippen molar-refractivity contribution in [1.82, 2.24) is 5.43 Å². The second kappa shape index (κ2) is 8.41. The van der Waals surface area contributed by atoms with Gasteiger partial charge in [0.2, 0.25) is 5.91 Å². The lowest BCUT2D eigenvalue weighted by Crippen LogP contribution is -2.23. The standard InChI is InChI=1S/C21H24N2O2S/c1-14-7-4-5-10-20(14)26-13-21(24)23-22-18-9-6-8-16-12-19(25-3)15(2)11-17(16)18/h4-5,7,10-12H,6,8-9,13H2,1-3H3,(H,23,24)/b22-18+. The van der Waals surface area contributed by atoms with Crippen LogP contribution in [0.5, 0.6) is 5.75 Å². The molecule has 0 heterocycles. The van der Waals surface area contributed by atoms with Crippen molar-refractivity contribution in [2.45, 2.75) is 38.0 Å². The largest absolute Gasteiger partial charge is 0.496 e. The number of rotatable bonds is 5. The number of aryl methyl sites for hydroxylation is 3. The lowest BCUT2D eigenvalue weighted by atomic mass is 9.88. The quantitative estimate of drug-likeness (QED) is 0.634. The SMILES string of the molecule is COc1cc2c(cc1C)/C(=N/NC(=O)CSc1ccccc1C)CCC2. The van der Waals surface area contributed by atoms with E-state index in [1.54, 1.807) is 7.11 Å². The van der Waals surface area contributed by atoms with E-state index in [-0.39, 0.29) is 5.91 Å². The number of amides is 1. The minimum atomic E-state index is -0.0805. The predicted octanol–water partition coefficient (Wildman–Crippen LogP) is 4.26. The number of ether oxygens (including phenoxy) is 1. The average molecular weight is 369 g/mol. The molecule has 0 fully saturated rings. The summed E-state index contributed by atoms with van der Waals surface area (Å²) in [5, 5.41) is 4.42. The normalized spacial score (nSPS) is 14.8. The van der Waals surface area contributed by atoms with Crippen molar-refractivity contribution in [2.24, 2.45) is 5.10 Å². The molecule has 0 spiro atoms. The predicted molar refractivity (Wildman–Crippen MR) is 107 cm³/mol. The Morgan fingerprint density at radius 2 is 2.00 bits per heavy atom. The molecule has 2 aromatic rings. The molecule has 0 saturated carbocycles. The third-order valence-electron chi connectivity index (χ3n) is 4.56. The third-order valence-corrected chi connectivity index (χ3v) is 5.73. The molecule has 3 rings (SSSR count). The lowest BCUT2D eigenvalue weighted by Gasteiger charge is -2.20.